The molecule has 0 N–H and O–H groups in total. The van der Waals surface area contributed by atoms with E-state index >= 15 is 0 Å². The molecular formula is C14H13ClO. The van der Waals surface area contributed by atoms with E-state index in [1.165, 1.54) is 6.42 Å². The van der Waals surface area contributed by atoms with Gasteiger partial charge in [-0.2, -0.15) is 0 Å². The smallest absolute Gasteiger partial charge is 0.162 e. The number of allylic oxidation sites excluding steroid dienone is 1. The van der Waals surface area contributed by atoms with Crippen molar-refractivity contribution in [2.24, 2.45) is 11.8 Å². The molecule has 0 aliphatic heterocycles. The number of fused-ring (bicyclic) bond motifs is 2. The number of rotatable bonds is 1. The first-order valence-electron chi connectivity index (χ1n) is 5.75. The number of Topliss-reactive ketones (excluding diaryl/α,β-unsaturated/α-hetero) is 1. The van der Waals surface area contributed by atoms with Gasteiger partial charge in [0.25, 0.3) is 0 Å². The van der Waals surface area contributed by atoms with Crippen molar-refractivity contribution < 1.29 is 4.79 Å². The molecule has 2 atom stereocenters. The summed E-state index contributed by atoms with van der Waals surface area (Å²) >= 11 is 5.83. The highest BCUT2D eigenvalue weighted by Gasteiger charge is 2.42. The topological polar surface area (TPSA) is 17.1 Å². The quantitative estimate of drug-likeness (QED) is 0.675. The molecule has 2 saturated carbocycles. The maximum absolute atomic E-state index is 11.9. The van der Waals surface area contributed by atoms with Gasteiger partial charge in [-0.25, -0.2) is 0 Å². The Bertz CT molecular complexity index is 458. The molecule has 0 unspecified atom stereocenters. The Morgan fingerprint density at radius 2 is 1.81 bits per heavy atom. The minimum Gasteiger partial charge on any atom is -0.294 e. The van der Waals surface area contributed by atoms with E-state index in [1.54, 1.807) is 0 Å². The lowest BCUT2D eigenvalue weighted by Gasteiger charge is -2.11. The van der Waals surface area contributed by atoms with Crippen molar-refractivity contribution >= 4 is 23.5 Å². The largest absolute Gasteiger partial charge is 0.294 e. The van der Waals surface area contributed by atoms with Crippen molar-refractivity contribution in [1.82, 2.24) is 0 Å². The average Bonchev–Trinajstić information content (AvgIpc) is 2.85. The first-order valence-corrected chi connectivity index (χ1v) is 6.13. The fraction of sp³-hybridized carbons (Fsp3) is 0.357. The first-order chi connectivity index (χ1) is 7.74. The fourth-order valence-corrected chi connectivity index (χ4v) is 2.99. The molecule has 1 aromatic carbocycles. The van der Waals surface area contributed by atoms with Crippen molar-refractivity contribution in [2.75, 3.05) is 0 Å². The first kappa shape index (κ1) is 10.1. The second-order valence-electron chi connectivity index (χ2n) is 4.72. The molecule has 2 bridgehead atoms. The molecule has 2 fully saturated rings. The molecule has 82 valence electrons. The molecule has 1 nitrogen and oxygen atoms in total. The van der Waals surface area contributed by atoms with E-state index < -0.39 is 0 Å². The van der Waals surface area contributed by atoms with Crippen molar-refractivity contribution in [1.29, 1.82) is 0 Å². The standard InChI is InChI=1S/C14H13ClO/c15-12-5-1-9(2-6-12)7-13-10-3-4-11(8-10)14(13)16/h1-2,5-7,10-11H,3-4,8H2/b13-7+/t10-,11+/m1/s1. The van der Waals surface area contributed by atoms with Gasteiger partial charge in [0.2, 0.25) is 0 Å². The zero-order valence-corrected chi connectivity index (χ0v) is 9.70. The van der Waals surface area contributed by atoms with Crippen LogP contribution in [0.2, 0.25) is 5.02 Å². The van der Waals surface area contributed by atoms with Crippen LogP contribution < -0.4 is 0 Å². The summed E-state index contributed by atoms with van der Waals surface area (Å²) in [6.45, 7) is 0. The Morgan fingerprint density at radius 3 is 2.44 bits per heavy atom. The molecule has 16 heavy (non-hydrogen) atoms. The van der Waals surface area contributed by atoms with Crippen LogP contribution in [0.15, 0.2) is 29.8 Å². The number of ketones is 1. The van der Waals surface area contributed by atoms with Crippen molar-refractivity contribution in [3.63, 3.8) is 0 Å². The van der Waals surface area contributed by atoms with Gasteiger partial charge in [0, 0.05) is 10.9 Å². The summed E-state index contributed by atoms with van der Waals surface area (Å²) in [5.41, 5.74) is 2.12. The SMILES string of the molecule is O=C1/C(=C/c2ccc(Cl)cc2)[C@@H]2CC[C@H]1C2. The molecule has 2 aliphatic rings. The summed E-state index contributed by atoms with van der Waals surface area (Å²) in [5.74, 6) is 1.22. The van der Waals surface area contributed by atoms with E-state index in [0.29, 0.717) is 17.6 Å². The molecule has 0 amide bonds. The maximum atomic E-state index is 11.9. The van der Waals surface area contributed by atoms with Crippen LogP contribution in [0.3, 0.4) is 0 Å². The lowest BCUT2D eigenvalue weighted by molar-refractivity contribution is -0.118. The zero-order valence-electron chi connectivity index (χ0n) is 8.95. The van der Waals surface area contributed by atoms with Gasteiger partial charge in [0.1, 0.15) is 0 Å². The van der Waals surface area contributed by atoms with Gasteiger partial charge < -0.3 is 0 Å². The maximum Gasteiger partial charge on any atom is 0.162 e. The minimum absolute atomic E-state index is 0.323. The van der Waals surface area contributed by atoms with Crippen LogP contribution in [-0.4, -0.2) is 5.78 Å². The Labute approximate surface area is 100 Å². The molecule has 0 saturated heterocycles. The minimum atomic E-state index is 0.323. The van der Waals surface area contributed by atoms with Gasteiger partial charge in [-0.15, -0.1) is 0 Å². The molecule has 0 aromatic heterocycles. The van der Waals surface area contributed by atoms with Gasteiger partial charge in [-0.3, -0.25) is 4.79 Å². The van der Waals surface area contributed by atoms with Crippen LogP contribution in [0, 0.1) is 11.8 Å². The van der Waals surface area contributed by atoms with Gasteiger partial charge in [0.15, 0.2) is 5.78 Å². The van der Waals surface area contributed by atoms with E-state index in [9.17, 15) is 4.79 Å². The molecule has 2 aliphatic carbocycles. The van der Waals surface area contributed by atoms with Crippen LogP contribution >= 0.6 is 11.6 Å². The predicted molar refractivity (Wildman–Crippen MR) is 65.3 cm³/mol. The summed E-state index contributed by atoms with van der Waals surface area (Å²) < 4.78 is 0. The van der Waals surface area contributed by atoms with Gasteiger partial charge in [-0.05, 0) is 54.5 Å². The van der Waals surface area contributed by atoms with Gasteiger partial charge in [0.05, 0.1) is 0 Å². The fourth-order valence-electron chi connectivity index (χ4n) is 2.87. The summed E-state index contributed by atoms with van der Waals surface area (Å²) in [6, 6.07) is 7.67. The summed E-state index contributed by atoms with van der Waals surface area (Å²) in [4.78, 5) is 11.9. The Morgan fingerprint density at radius 1 is 1.12 bits per heavy atom. The summed E-state index contributed by atoms with van der Waals surface area (Å²) in [6.07, 6.45) is 5.41. The lowest BCUT2D eigenvalue weighted by Crippen LogP contribution is -2.11. The highest BCUT2D eigenvalue weighted by Crippen LogP contribution is 2.46. The van der Waals surface area contributed by atoms with Crippen molar-refractivity contribution in [3.8, 4) is 0 Å². The average molecular weight is 233 g/mol. The molecule has 2 heteroatoms. The molecule has 0 radical (unpaired) electrons. The van der Waals surface area contributed by atoms with Crippen molar-refractivity contribution in [3.05, 3.63) is 40.4 Å². The molecule has 0 spiro atoms. The molecule has 0 heterocycles. The molecule has 3 rings (SSSR count). The third-order valence-corrected chi connectivity index (χ3v) is 3.97. The third kappa shape index (κ3) is 1.60. The van der Waals surface area contributed by atoms with Gasteiger partial charge >= 0.3 is 0 Å². The highest BCUT2D eigenvalue weighted by atomic mass is 35.5. The number of halogens is 1. The third-order valence-electron chi connectivity index (χ3n) is 3.72. The predicted octanol–water partition coefficient (Wildman–Crippen LogP) is 3.72. The Balaban J connectivity index is 1.93. The normalized spacial score (nSPS) is 30.3. The lowest BCUT2D eigenvalue weighted by atomic mass is 9.92. The van der Waals surface area contributed by atoms with E-state index in [4.69, 9.17) is 11.6 Å². The zero-order chi connectivity index (χ0) is 11.1. The van der Waals surface area contributed by atoms with E-state index in [2.05, 4.69) is 0 Å². The monoisotopic (exact) mass is 232 g/mol. The second kappa shape index (κ2) is 3.74. The van der Waals surface area contributed by atoms with E-state index in [-0.39, 0.29) is 0 Å². The number of hydrogen-bond acceptors (Lipinski definition) is 1. The number of benzene rings is 1. The van der Waals surface area contributed by atoms with Crippen LogP contribution in [0.1, 0.15) is 24.8 Å². The highest BCUT2D eigenvalue weighted by molar-refractivity contribution is 6.30. The number of carbonyl (C=O) groups excluding carboxylic acids is 1. The van der Waals surface area contributed by atoms with Gasteiger partial charge in [-0.1, -0.05) is 23.7 Å². The summed E-state index contributed by atoms with van der Waals surface area (Å²) in [5, 5.41) is 0.737. The number of carbonyl (C=O) groups is 1. The van der Waals surface area contributed by atoms with Crippen LogP contribution in [0.5, 0.6) is 0 Å². The molecule has 1 aromatic rings. The Hall–Kier alpha value is -1.08. The second-order valence-corrected chi connectivity index (χ2v) is 5.16. The van der Waals surface area contributed by atoms with Crippen LogP contribution in [0.4, 0.5) is 0 Å². The van der Waals surface area contributed by atoms with E-state index in [1.807, 2.05) is 30.3 Å². The summed E-state index contributed by atoms with van der Waals surface area (Å²) in [7, 11) is 0. The number of hydrogen-bond donors (Lipinski definition) is 0. The molecular weight excluding hydrogens is 220 g/mol. The van der Waals surface area contributed by atoms with E-state index in [0.717, 1.165) is 29.0 Å². The Kier molecular flexibility index (Phi) is 2.36. The van der Waals surface area contributed by atoms with Crippen LogP contribution in [-0.2, 0) is 4.79 Å². The van der Waals surface area contributed by atoms with Crippen molar-refractivity contribution in [2.45, 2.75) is 19.3 Å². The van der Waals surface area contributed by atoms with Crippen LogP contribution in [0.25, 0.3) is 6.08 Å².